The Bertz CT molecular complexity index is 347. The van der Waals surface area contributed by atoms with Crippen LogP contribution in [0.15, 0.2) is 0 Å². The number of terminal acetylenes is 1. The summed E-state index contributed by atoms with van der Waals surface area (Å²) >= 11 is 0. The number of carboxylic acids is 2. The molecule has 0 heterocycles. The van der Waals surface area contributed by atoms with Gasteiger partial charge in [0.2, 0.25) is 0 Å². The zero-order valence-electron chi connectivity index (χ0n) is 9.27. The summed E-state index contributed by atoms with van der Waals surface area (Å²) in [4.78, 5) is 32.3. The van der Waals surface area contributed by atoms with Crippen LogP contribution in [-0.4, -0.2) is 40.3 Å². The molecule has 2 amide bonds. The maximum absolute atomic E-state index is 11.3. The number of urea groups is 1. The summed E-state index contributed by atoms with van der Waals surface area (Å²) in [6, 6.07) is -2.81. The quantitative estimate of drug-likeness (QED) is 0.474. The van der Waals surface area contributed by atoms with Gasteiger partial charge in [-0.3, -0.25) is 4.79 Å². The van der Waals surface area contributed by atoms with Crippen molar-refractivity contribution in [3.05, 3.63) is 0 Å². The highest BCUT2D eigenvalue weighted by molar-refractivity contribution is 5.86. The summed E-state index contributed by atoms with van der Waals surface area (Å²) < 4.78 is 0. The van der Waals surface area contributed by atoms with E-state index in [4.69, 9.17) is 16.6 Å². The fourth-order valence-corrected chi connectivity index (χ4v) is 0.994. The molecule has 0 fully saturated rings. The van der Waals surface area contributed by atoms with E-state index >= 15 is 0 Å². The van der Waals surface area contributed by atoms with Crippen LogP contribution in [0, 0.1) is 12.3 Å². The van der Waals surface area contributed by atoms with Gasteiger partial charge in [0, 0.05) is 0 Å². The zero-order valence-corrected chi connectivity index (χ0v) is 9.27. The Hall–Kier alpha value is -2.23. The van der Waals surface area contributed by atoms with E-state index in [1.807, 2.05) is 5.32 Å². The van der Waals surface area contributed by atoms with E-state index in [1.54, 1.807) is 6.92 Å². The first-order chi connectivity index (χ1) is 7.90. The molecule has 4 N–H and O–H groups in total. The highest BCUT2D eigenvalue weighted by Crippen LogP contribution is 1.94. The monoisotopic (exact) mass is 242 g/mol. The SMILES string of the molecule is C#CC(CC)NC(=O)NC(CC(=O)O)C(=O)O. The third kappa shape index (κ3) is 6.04. The lowest BCUT2D eigenvalue weighted by molar-refractivity contribution is -0.145. The van der Waals surface area contributed by atoms with Crippen LogP contribution in [0.3, 0.4) is 0 Å². The molecule has 2 unspecified atom stereocenters. The maximum atomic E-state index is 11.3. The average Bonchev–Trinajstić information content (AvgIpc) is 2.24. The van der Waals surface area contributed by atoms with Crippen LogP contribution in [0.25, 0.3) is 0 Å². The standard InChI is InChI=1S/C10H14N2O5/c1-3-6(4-2)11-10(17)12-7(9(15)16)5-8(13)14/h1,6-7H,4-5H2,2H3,(H,13,14)(H,15,16)(H2,11,12,17). The molecule has 0 aromatic heterocycles. The number of nitrogens with one attached hydrogen (secondary N) is 2. The molecule has 0 aromatic carbocycles. The third-order valence-electron chi connectivity index (χ3n) is 1.90. The van der Waals surface area contributed by atoms with Crippen molar-refractivity contribution in [1.29, 1.82) is 0 Å². The van der Waals surface area contributed by atoms with Gasteiger partial charge in [0.15, 0.2) is 0 Å². The summed E-state index contributed by atoms with van der Waals surface area (Å²) in [6.07, 6.45) is 4.89. The lowest BCUT2D eigenvalue weighted by Gasteiger charge is -2.15. The lowest BCUT2D eigenvalue weighted by atomic mass is 10.2. The molecule has 0 bridgehead atoms. The highest BCUT2D eigenvalue weighted by atomic mass is 16.4. The van der Waals surface area contributed by atoms with Crippen LogP contribution in [0.5, 0.6) is 0 Å². The summed E-state index contributed by atoms with van der Waals surface area (Å²) in [5, 5.41) is 21.5. The summed E-state index contributed by atoms with van der Waals surface area (Å²) in [6.45, 7) is 1.75. The van der Waals surface area contributed by atoms with Gasteiger partial charge in [-0.15, -0.1) is 6.42 Å². The van der Waals surface area contributed by atoms with Crippen LogP contribution < -0.4 is 10.6 Å². The van der Waals surface area contributed by atoms with Crippen molar-refractivity contribution in [2.24, 2.45) is 0 Å². The second kappa shape index (κ2) is 7.11. The Morgan fingerprint density at radius 1 is 1.29 bits per heavy atom. The molecular weight excluding hydrogens is 228 g/mol. The van der Waals surface area contributed by atoms with Gasteiger partial charge in [-0.05, 0) is 6.42 Å². The molecule has 0 aliphatic rings. The van der Waals surface area contributed by atoms with E-state index in [2.05, 4.69) is 11.2 Å². The van der Waals surface area contributed by atoms with Crippen molar-refractivity contribution in [3.63, 3.8) is 0 Å². The number of hydrogen-bond acceptors (Lipinski definition) is 3. The third-order valence-corrected chi connectivity index (χ3v) is 1.90. The smallest absolute Gasteiger partial charge is 0.326 e. The molecule has 7 nitrogen and oxygen atoms in total. The normalized spacial score (nSPS) is 12.9. The fourth-order valence-electron chi connectivity index (χ4n) is 0.994. The molecule has 94 valence electrons. The second-order valence-corrected chi connectivity index (χ2v) is 3.23. The first kappa shape index (κ1) is 14.8. The van der Waals surface area contributed by atoms with Gasteiger partial charge in [0.05, 0.1) is 12.5 Å². The molecule has 0 aliphatic heterocycles. The minimum absolute atomic E-state index is 0.487. The topological polar surface area (TPSA) is 116 Å². The molecule has 17 heavy (non-hydrogen) atoms. The van der Waals surface area contributed by atoms with Crippen LogP contribution in [0.4, 0.5) is 4.79 Å². The van der Waals surface area contributed by atoms with Gasteiger partial charge in [-0.2, -0.15) is 0 Å². The zero-order chi connectivity index (χ0) is 13.4. The molecule has 2 atom stereocenters. The van der Waals surface area contributed by atoms with Gasteiger partial charge >= 0.3 is 18.0 Å². The number of carboxylic acid groups (broad SMARTS) is 2. The van der Waals surface area contributed by atoms with Crippen molar-refractivity contribution in [2.45, 2.75) is 31.8 Å². The summed E-state index contributed by atoms with van der Waals surface area (Å²) in [5.41, 5.74) is 0. The largest absolute Gasteiger partial charge is 0.481 e. The Kier molecular flexibility index (Phi) is 6.18. The number of carbonyl (C=O) groups is 3. The molecule has 0 spiro atoms. The Morgan fingerprint density at radius 3 is 2.24 bits per heavy atom. The van der Waals surface area contributed by atoms with E-state index < -0.39 is 36.5 Å². The van der Waals surface area contributed by atoms with Gasteiger partial charge in [-0.1, -0.05) is 12.8 Å². The molecule has 0 saturated heterocycles. The predicted molar refractivity (Wildman–Crippen MR) is 58.3 cm³/mol. The van der Waals surface area contributed by atoms with Crippen LogP contribution in [0.2, 0.25) is 0 Å². The van der Waals surface area contributed by atoms with Gasteiger partial charge < -0.3 is 20.8 Å². The van der Waals surface area contributed by atoms with Crippen molar-refractivity contribution in [2.75, 3.05) is 0 Å². The fraction of sp³-hybridized carbons (Fsp3) is 0.500. The molecule has 0 radical (unpaired) electrons. The van der Waals surface area contributed by atoms with Crippen LogP contribution in [0.1, 0.15) is 19.8 Å². The van der Waals surface area contributed by atoms with Crippen LogP contribution in [-0.2, 0) is 9.59 Å². The molecule has 0 aliphatic carbocycles. The van der Waals surface area contributed by atoms with E-state index in [-0.39, 0.29) is 0 Å². The summed E-state index contributed by atoms with van der Waals surface area (Å²) in [5.74, 6) is -0.448. The molecule has 0 aromatic rings. The number of hydrogen-bond donors (Lipinski definition) is 4. The maximum Gasteiger partial charge on any atom is 0.326 e. The van der Waals surface area contributed by atoms with E-state index in [0.29, 0.717) is 6.42 Å². The molecule has 7 heteroatoms. The Morgan fingerprint density at radius 2 is 1.88 bits per heavy atom. The van der Waals surface area contributed by atoms with E-state index in [9.17, 15) is 14.4 Å². The van der Waals surface area contributed by atoms with Crippen molar-refractivity contribution in [1.82, 2.24) is 10.6 Å². The number of carbonyl (C=O) groups excluding carboxylic acids is 1. The van der Waals surface area contributed by atoms with Crippen molar-refractivity contribution < 1.29 is 24.6 Å². The highest BCUT2D eigenvalue weighted by Gasteiger charge is 2.23. The van der Waals surface area contributed by atoms with Crippen molar-refractivity contribution in [3.8, 4) is 12.3 Å². The second-order valence-electron chi connectivity index (χ2n) is 3.23. The summed E-state index contributed by atoms with van der Waals surface area (Å²) in [7, 11) is 0. The minimum Gasteiger partial charge on any atom is -0.481 e. The minimum atomic E-state index is -1.48. The Balaban J connectivity index is 4.36. The predicted octanol–water partition coefficient (Wildman–Crippen LogP) is -0.375. The Labute approximate surface area is 98.2 Å². The number of aliphatic carboxylic acids is 2. The van der Waals surface area contributed by atoms with Crippen molar-refractivity contribution >= 4 is 18.0 Å². The first-order valence-electron chi connectivity index (χ1n) is 4.88. The number of rotatable bonds is 6. The van der Waals surface area contributed by atoms with Crippen LogP contribution >= 0.6 is 0 Å². The lowest BCUT2D eigenvalue weighted by Crippen LogP contribution is -2.49. The number of amides is 2. The van der Waals surface area contributed by atoms with Gasteiger partial charge in [-0.25, -0.2) is 9.59 Å². The van der Waals surface area contributed by atoms with Gasteiger partial charge in [0.1, 0.15) is 6.04 Å². The van der Waals surface area contributed by atoms with E-state index in [1.165, 1.54) is 0 Å². The molecule has 0 saturated carbocycles. The van der Waals surface area contributed by atoms with Gasteiger partial charge in [0.25, 0.3) is 0 Å². The average molecular weight is 242 g/mol. The first-order valence-corrected chi connectivity index (χ1v) is 4.88. The molecular formula is C10H14N2O5. The van der Waals surface area contributed by atoms with E-state index in [0.717, 1.165) is 0 Å². The molecule has 0 rings (SSSR count).